The van der Waals surface area contributed by atoms with Gasteiger partial charge in [0.1, 0.15) is 0 Å². The van der Waals surface area contributed by atoms with Gasteiger partial charge in [-0.15, -0.1) is 0 Å². The highest BCUT2D eigenvalue weighted by Crippen LogP contribution is 2.20. The summed E-state index contributed by atoms with van der Waals surface area (Å²) < 4.78 is 10.5. The SMILES string of the molecule is CC(C)c1ccc(-c2noc(CCC(=O)N(C)CC(=O)N3CCOCC3)n2)cc1. The molecule has 1 aromatic heterocycles. The quantitative estimate of drug-likeness (QED) is 0.707. The maximum absolute atomic E-state index is 12.4. The second-order valence-corrected chi connectivity index (χ2v) is 7.53. The molecule has 0 N–H and O–H groups in total. The molecule has 1 saturated heterocycles. The Balaban J connectivity index is 1.49. The van der Waals surface area contributed by atoms with Gasteiger partial charge in [0.15, 0.2) is 0 Å². The molecular formula is C21H28N4O4. The van der Waals surface area contributed by atoms with Crippen molar-refractivity contribution in [3.8, 4) is 11.4 Å². The molecule has 8 heteroatoms. The molecule has 8 nitrogen and oxygen atoms in total. The van der Waals surface area contributed by atoms with Gasteiger partial charge in [0.2, 0.25) is 23.5 Å². The Hall–Kier alpha value is -2.74. The Bertz CT molecular complexity index is 825. The molecule has 3 rings (SSSR count). The van der Waals surface area contributed by atoms with Gasteiger partial charge in [-0.1, -0.05) is 43.3 Å². The maximum Gasteiger partial charge on any atom is 0.242 e. The van der Waals surface area contributed by atoms with Crippen molar-refractivity contribution < 1.29 is 18.8 Å². The van der Waals surface area contributed by atoms with Crippen molar-refractivity contribution in [1.29, 1.82) is 0 Å². The van der Waals surface area contributed by atoms with Gasteiger partial charge in [-0.25, -0.2) is 0 Å². The van der Waals surface area contributed by atoms with E-state index in [4.69, 9.17) is 9.26 Å². The summed E-state index contributed by atoms with van der Waals surface area (Å²) >= 11 is 0. The van der Waals surface area contributed by atoms with E-state index in [2.05, 4.69) is 36.1 Å². The number of nitrogens with zero attached hydrogens (tertiary/aromatic N) is 4. The first-order chi connectivity index (χ1) is 13.9. The van der Waals surface area contributed by atoms with Gasteiger partial charge in [0, 0.05) is 38.5 Å². The molecule has 1 aliphatic rings. The van der Waals surface area contributed by atoms with Crippen LogP contribution in [0.15, 0.2) is 28.8 Å². The van der Waals surface area contributed by atoms with Gasteiger partial charge in [-0.05, 0) is 11.5 Å². The number of aryl methyl sites for hydroxylation is 1. The lowest BCUT2D eigenvalue weighted by molar-refractivity contribution is -0.141. The number of rotatable bonds is 7. The van der Waals surface area contributed by atoms with Crippen LogP contribution in [-0.4, -0.2) is 71.7 Å². The summed E-state index contributed by atoms with van der Waals surface area (Å²) in [6, 6.07) is 8.06. The fraction of sp³-hybridized carbons (Fsp3) is 0.524. The number of amides is 2. The van der Waals surface area contributed by atoms with Crippen molar-refractivity contribution in [1.82, 2.24) is 19.9 Å². The smallest absolute Gasteiger partial charge is 0.242 e. The Morgan fingerprint density at radius 2 is 1.86 bits per heavy atom. The Morgan fingerprint density at radius 1 is 1.17 bits per heavy atom. The second kappa shape index (κ2) is 9.65. The molecule has 29 heavy (non-hydrogen) atoms. The third kappa shape index (κ3) is 5.63. The molecule has 0 bridgehead atoms. The summed E-state index contributed by atoms with van der Waals surface area (Å²) in [4.78, 5) is 32.2. The normalized spacial score (nSPS) is 14.3. The minimum absolute atomic E-state index is 0.0610. The molecule has 0 spiro atoms. The van der Waals surface area contributed by atoms with E-state index in [0.29, 0.717) is 50.4 Å². The third-order valence-electron chi connectivity index (χ3n) is 5.02. The number of morpholine rings is 1. The topological polar surface area (TPSA) is 88.8 Å². The number of ether oxygens (including phenoxy) is 1. The number of likely N-dealkylation sites (N-methyl/N-ethyl adjacent to an activating group) is 1. The number of hydrogen-bond acceptors (Lipinski definition) is 6. The Morgan fingerprint density at radius 3 is 2.52 bits per heavy atom. The van der Waals surface area contributed by atoms with Crippen LogP contribution in [0.5, 0.6) is 0 Å². The van der Waals surface area contributed by atoms with Crippen LogP contribution >= 0.6 is 0 Å². The van der Waals surface area contributed by atoms with Gasteiger partial charge < -0.3 is 19.1 Å². The van der Waals surface area contributed by atoms with Crippen molar-refractivity contribution >= 4 is 11.8 Å². The average Bonchev–Trinajstić information content (AvgIpc) is 3.21. The molecule has 2 aromatic rings. The van der Waals surface area contributed by atoms with Gasteiger partial charge in [-0.3, -0.25) is 9.59 Å². The van der Waals surface area contributed by atoms with Crippen LogP contribution in [0.1, 0.15) is 37.6 Å². The molecule has 1 aliphatic heterocycles. The van der Waals surface area contributed by atoms with Crippen molar-refractivity contribution in [2.45, 2.75) is 32.6 Å². The molecule has 2 heterocycles. The zero-order chi connectivity index (χ0) is 20.8. The highest BCUT2D eigenvalue weighted by atomic mass is 16.5. The molecule has 0 atom stereocenters. The summed E-state index contributed by atoms with van der Waals surface area (Å²) in [5, 5.41) is 4.01. The van der Waals surface area contributed by atoms with Gasteiger partial charge >= 0.3 is 0 Å². The standard InChI is InChI=1S/C21H28N4O4/c1-15(2)16-4-6-17(7-5-16)21-22-18(29-23-21)8-9-19(26)24(3)14-20(27)25-10-12-28-13-11-25/h4-7,15H,8-14H2,1-3H3. The van der Waals surface area contributed by atoms with Crippen LogP contribution in [0.2, 0.25) is 0 Å². The Labute approximate surface area is 170 Å². The predicted molar refractivity (Wildman–Crippen MR) is 107 cm³/mol. The number of aromatic nitrogens is 2. The van der Waals surface area contributed by atoms with Crippen LogP contribution in [-0.2, 0) is 20.7 Å². The summed E-state index contributed by atoms with van der Waals surface area (Å²) in [7, 11) is 1.64. The van der Waals surface area contributed by atoms with Crippen LogP contribution in [0.3, 0.4) is 0 Å². The first-order valence-corrected chi connectivity index (χ1v) is 9.96. The number of carbonyl (C=O) groups is 2. The van der Waals surface area contributed by atoms with Gasteiger partial charge in [0.05, 0.1) is 19.8 Å². The summed E-state index contributed by atoms with van der Waals surface area (Å²) in [6.07, 6.45) is 0.548. The Kier molecular flexibility index (Phi) is 6.98. The van der Waals surface area contributed by atoms with E-state index in [1.54, 1.807) is 11.9 Å². The monoisotopic (exact) mass is 400 g/mol. The molecule has 1 aromatic carbocycles. The van der Waals surface area contributed by atoms with Crippen molar-refractivity contribution in [2.75, 3.05) is 39.9 Å². The molecular weight excluding hydrogens is 372 g/mol. The minimum atomic E-state index is -0.132. The van der Waals surface area contributed by atoms with Crippen molar-refractivity contribution in [3.05, 3.63) is 35.7 Å². The van der Waals surface area contributed by atoms with E-state index in [1.165, 1.54) is 10.5 Å². The van der Waals surface area contributed by atoms with E-state index < -0.39 is 0 Å². The molecule has 0 aliphatic carbocycles. The van der Waals surface area contributed by atoms with Crippen LogP contribution in [0.4, 0.5) is 0 Å². The summed E-state index contributed by atoms with van der Waals surface area (Å²) in [5.74, 6) is 1.19. The third-order valence-corrected chi connectivity index (χ3v) is 5.02. The highest BCUT2D eigenvalue weighted by Gasteiger charge is 2.21. The largest absolute Gasteiger partial charge is 0.378 e. The summed E-state index contributed by atoms with van der Waals surface area (Å²) in [6.45, 7) is 6.59. The highest BCUT2D eigenvalue weighted by molar-refractivity contribution is 5.84. The van der Waals surface area contributed by atoms with E-state index in [9.17, 15) is 9.59 Å². The first kappa shape index (κ1) is 21.0. The lowest BCUT2D eigenvalue weighted by atomic mass is 10.0. The molecule has 0 saturated carbocycles. The van der Waals surface area contributed by atoms with Crippen LogP contribution in [0, 0.1) is 0 Å². The number of hydrogen-bond donors (Lipinski definition) is 0. The number of benzene rings is 1. The predicted octanol–water partition coefficient (Wildman–Crippen LogP) is 2.11. The van der Waals surface area contributed by atoms with E-state index >= 15 is 0 Å². The van der Waals surface area contributed by atoms with Crippen LogP contribution in [0.25, 0.3) is 11.4 Å². The van der Waals surface area contributed by atoms with E-state index in [-0.39, 0.29) is 24.8 Å². The van der Waals surface area contributed by atoms with Crippen LogP contribution < -0.4 is 0 Å². The van der Waals surface area contributed by atoms with E-state index in [1.807, 2.05) is 12.1 Å². The zero-order valence-electron chi connectivity index (χ0n) is 17.3. The van der Waals surface area contributed by atoms with Gasteiger partial charge in [0.25, 0.3) is 0 Å². The lowest BCUT2D eigenvalue weighted by Crippen LogP contribution is -2.46. The zero-order valence-corrected chi connectivity index (χ0v) is 17.3. The maximum atomic E-state index is 12.4. The summed E-state index contributed by atoms with van der Waals surface area (Å²) in [5.41, 5.74) is 2.13. The fourth-order valence-corrected chi connectivity index (χ4v) is 3.10. The van der Waals surface area contributed by atoms with Crippen molar-refractivity contribution in [2.24, 2.45) is 0 Å². The molecule has 156 valence electrons. The fourth-order valence-electron chi connectivity index (χ4n) is 3.10. The van der Waals surface area contributed by atoms with E-state index in [0.717, 1.165) is 5.56 Å². The second-order valence-electron chi connectivity index (χ2n) is 7.53. The number of carbonyl (C=O) groups excluding carboxylic acids is 2. The average molecular weight is 400 g/mol. The molecule has 0 unspecified atom stereocenters. The minimum Gasteiger partial charge on any atom is -0.378 e. The van der Waals surface area contributed by atoms with Gasteiger partial charge in [-0.2, -0.15) is 4.98 Å². The lowest BCUT2D eigenvalue weighted by Gasteiger charge is -2.28. The molecule has 1 fully saturated rings. The molecule has 2 amide bonds. The first-order valence-electron chi connectivity index (χ1n) is 9.96. The molecule has 0 radical (unpaired) electrons. The van der Waals surface area contributed by atoms with Crippen molar-refractivity contribution in [3.63, 3.8) is 0 Å².